The van der Waals surface area contributed by atoms with Gasteiger partial charge in [-0.1, -0.05) is 30.3 Å². The van der Waals surface area contributed by atoms with Gasteiger partial charge in [-0.15, -0.1) is 0 Å². The Balaban J connectivity index is 1.75. The Labute approximate surface area is 155 Å². The van der Waals surface area contributed by atoms with Gasteiger partial charge in [0.1, 0.15) is 0 Å². The maximum Gasteiger partial charge on any atom is 0.200 e. The number of aryl methyl sites for hydroxylation is 2. The van der Waals surface area contributed by atoms with Crippen LogP contribution < -0.4 is 10.6 Å². The summed E-state index contributed by atoms with van der Waals surface area (Å²) in [5.41, 5.74) is 11.1. The second-order valence-corrected chi connectivity index (χ2v) is 7.33. The number of hydrogen-bond donors (Lipinski definition) is 1. The number of anilines is 1. The molecule has 0 spiro atoms. The van der Waals surface area contributed by atoms with Crippen molar-refractivity contribution in [2.24, 2.45) is 10.7 Å². The highest BCUT2D eigenvalue weighted by molar-refractivity contribution is 14.1. The number of rotatable bonds is 2. The maximum atomic E-state index is 6.29. The van der Waals surface area contributed by atoms with Gasteiger partial charge in [0.05, 0.1) is 5.69 Å². The predicted octanol–water partition coefficient (Wildman–Crippen LogP) is 4.63. The van der Waals surface area contributed by atoms with Gasteiger partial charge in [-0.25, -0.2) is 4.99 Å². The molecule has 3 aromatic carbocycles. The van der Waals surface area contributed by atoms with E-state index in [0.29, 0.717) is 5.96 Å². The highest BCUT2D eigenvalue weighted by Crippen LogP contribution is 2.37. The van der Waals surface area contributed by atoms with Gasteiger partial charge in [-0.3, -0.25) is 0 Å². The van der Waals surface area contributed by atoms with Crippen LogP contribution in [0.2, 0.25) is 0 Å². The van der Waals surface area contributed by atoms with E-state index in [0.717, 1.165) is 24.2 Å². The second kappa shape index (κ2) is 6.09. The predicted molar refractivity (Wildman–Crippen MR) is 110 cm³/mol. The minimum Gasteiger partial charge on any atom is -0.369 e. The molecule has 4 heteroatoms. The standard InChI is InChI=1S/C20H18IN3/c1-24(16-7-3-6-15(21)12-16)20(22)23-18-11-9-14-5-2-4-13-8-10-17(18)19(13)14/h2-7,9,11-12H,8,10H2,1H3,(H2,22,23). The van der Waals surface area contributed by atoms with Crippen LogP contribution in [0, 0.1) is 3.57 Å². The molecule has 4 rings (SSSR count). The molecule has 120 valence electrons. The molecule has 1 aliphatic carbocycles. The number of nitrogens with zero attached hydrogens (tertiary/aromatic N) is 2. The zero-order valence-electron chi connectivity index (χ0n) is 13.5. The van der Waals surface area contributed by atoms with Gasteiger partial charge in [-0.2, -0.15) is 0 Å². The van der Waals surface area contributed by atoms with Crippen LogP contribution in [0.1, 0.15) is 11.1 Å². The Hall–Kier alpha value is -2.08. The third-order valence-electron chi connectivity index (χ3n) is 4.63. The smallest absolute Gasteiger partial charge is 0.200 e. The van der Waals surface area contributed by atoms with Crippen molar-refractivity contribution in [3.05, 3.63) is 69.3 Å². The van der Waals surface area contributed by atoms with Gasteiger partial charge >= 0.3 is 0 Å². The molecule has 0 aromatic heterocycles. The van der Waals surface area contributed by atoms with Gasteiger partial charge in [-0.05, 0) is 81.6 Å². The fourth-order valence-electron chi connectivity index (χ4n) is 3.37. The number of aliphatic imine (C=N–C) groups is 1. The summed E-state index contributed by atoms with van der Waals surface area (Å²) in [6.07, 6.45) is 2.13. The maximum absolute atomic E-state index is 6.29. The molecule has 0 atom stereocenters. The van der Waals surface area contributed by atoms with E-state index in [4.69, 9.17) is 10.7 Å². The molecule has 0 radical (unpaired) electrons. The zero-order valence-corrected chi connectivity index (χ0v) is 15.6. The molecule has 0 saturated heterocycles. The molecule has 3 aromatic rings. The van der Waals surface area contributed by atoms with Gasteiger partial charge in [0.15, 0.2) is 0 Å². The molecule has 0 fully saturated rings. The van der Waals surface area contributed by atoms with Crippen molar-refractivity contribution >= 4 is 50.7 Å². The lowest BCUT2D eigenvalue weighted by molar-refractivity contribution is 1.02. The zero-order chi connectivity index (χ0) is 16.7. The minimum atomic E-state index is 0.511. The van der Waals surface area contributed by atoms with E-state index < -0.39 is 0 Å². The van der Waals surface area contributed by atoms with Crippen LogP contribution in [0.3, 0.4) is 0 Å². The third kappa shape index (κ3) is 2.65. The van der Waals surface area contributed by atoms with Crippen molar-refractivity contribution in [1.82, 2.24) is 0 Å². The van der Waals surface area contributed by atoms with E-state index >= 15 is 0 Å². The summed E-state index contributed by atoms with van der Waals surface area (Å²) >= 11 is 2.31. The first-order chi connectivity index (χ1) is 11.6. The van der Waals surface area contributed by atoms with Crippen molar-refractivity contribution < 1.29 is 0 Å². The normalized spacial score (nSPS) is 13.5. The van der Waals surface area contributed by atoms with E-state index in [1.54, 1.807) is 0 Å². The van der Waals surface area contributed by atoms with Gasteiger partial charge < -0.3 is 10.6 Å². The molecular formula is C20H18IN3. The second-order valence-electron chi connectivity index (χ2n) is 6.09. The van der Waals surface area contributed by atoms with E-state index in [9.17, 15) is 0 Å². The molecule has 24 heavy (non-hydrogen) atoms. The first kappa shape index (κ1) is 15.4. The molecule has 0 aliphatic heterocycles. The molecule has 0 bridgehead atoms. The average molecular weight is 427 g/mol. The Morgan fingerprint density at radius 3 is 2.75 bits per heavy atom. The molecule has 3 nitrogen and oxygen atoms in total. The molecule has 0 unspecified atom stereocenters. The SMILES string of the molecule is CN(C(N)=Nc1ccc2cccc3c2c1CC3)c1cccc(I)c1. The molecule has 0 saturated carbocycles. The summed E-state index contributed by atoms with van der Waals surface area (Å²) in [7, 11) is 1.95. The number of guanidine groups is 1. The van der Waals surface area contributed by atoms with Crippen LogP contribution in [0.4, 0.5) is 11.4 Å². The van der Waals surface area contributed by atoms with E-state index in [1.807, 2.05) is 24.1 Å². The summed E-state index contributed by atoms with van der Waals surface area (Å²) in [4.78, 5) is 6.67. The summed E-state index contributed by atoms with van der Waals surface area (Å²) in [5.74, 6) is 0.511. The molecule has 2 N–H and O–H groups in total. The number of nitrogens with two attached hydrogens (primary N) is 1. The Morgan fingerprint density at radius 2 is 1.92 bits per heavy atom. The first-order valence-electron chi connectivity index (χ1n) is 8.00. The fourth-order valence-corrected chi connectivity index (χ4v) is 3.89. The van der Waals surface area contributed by atoms with Crippen LogP contribution >= 0.6 is 22.6 Å². The van der Waals surface area contributed by atoms with Crippen LogP contribution in [-0.4, -0.2) is 13.0 Å². The number of halogens is 1. The molecular weight excluding hydrogens is 409 g/mol. The average Bonchev–Trinajstić information content (AvgIpc) is 3.03. The minimum absolute atomic E-state index is 0.511. The monoisotopic (exact) mass is 427 g/mol. The summed E-state index contributed by atoms with van der Waals surface area (Å²) in [6.45, 7) is 0. The fraction of sp³-hybridized carbons (Fsp3) is 0.150. The lowest BCUT2D eigenvalue weighted by Gasteiger charge is -2.19. The summed E-state index contributed by atoms with van der Waals surface area (Å²) in [6, 6.07) is 19.0. The Morgan fingerprint density at radius 1 is 1.08 bits per heavy atom. The largest absolute Gasteiger partial charge is 0.369 e. The Bertz CT molecular complexity index is 962. The first-order valence-corrected chi connectivity index (χ1v) is 9.08. The highest BCUT2D eigenvalue weighted by Gasteiger charge is 2.17. The summed E-state index contributed by atoms with van der Waals surface area (Å²) in [5, 5.41) is 2.66. The van der Waals surface area contributed by atoms with Crippen LogP contribution in [0.15, 0.2) is 59.6 Å². The number of hydrogen-bond acceptors (Lipinski definition) is 1. The van der Waals surface area contributed by atoms with Gasteiger partial charge in [0.25, 0.3) is 0 Å². The quantitative estimate of drug-likeness (QED) is 0.368. The Kier molecular flexibility index (Phi) is 3.92. The van der Waals surface area contributed by atoms with Crippen LogP contribution in [0.25, 0.3) is 10.8 Å². The summed E-state index contributed by atoms with van der Waals surface area (Å²) < 4.78 is 1.18. The van der Waals surface area contributed by atoms with Crippen molar-refractivity contribution in [3.63, 3.8) is 0 Å². The third-order valence-corrected chi connectivity index (χ3v) is 5.30. The van der Waals surface area contributed by atoms with Crippen LogP contribution in [0.5, 0.6) is 0 Å². The van der Waals surface area contributed by atoms with E-state index in [1.165, 1.54) is 25.5 Å². The highest BCUT2D eigenvalue weighted by atomic mass is 127. The number of benzene rings is 3. The lowest BCUT2D eigenvalue weighted by atomic mass is 10.0. The van der Waals surface area contributed by atoms with Gasteiger partial charge in [0, 0.05) is 16.3 Å². The van der Waals surface area contributed by atoms with E-state index in [2.05, 4.69) is 65.1 Å². The molecule has 0 amide bonds. The van der Waals surface area contributed by atoms with E-state index in [-0.39, 0.29) is 0 Å². The molecule has 0 heterocycles. The van der Waals surface area contributed by atoms with Crippen molar-refractivity contribution in [1.29, 1.82) is 0 Å². The lowest BCUT2D eigenvalue weighted by Crippen LogP contribution is -2.33. The van der Waals surface area contributed by atoms with Crippen molar-refractivity contribution in [3.8, 4) is 0 Å². The topological polar surface area (TPSA) is 41.6 Å². The van der Waals surface area contributed by atoms with Crippen molar-refractivity contribution in [2.45, 2.75) is 12.8 Å². The molecule has 1 aliphatic rings. The van der Waals surface area contributed by atoms with Crippen LogP contribution in [-0.2, 0) is 12.8 Å². The van der Waals surface area contributed by atoms with Gasteiger partial charge in [0.2, 0.25) is 5.96 Å². The van der Waals surface area contributed by atoms with Crippen molar-refractivity contribution in [2.75, 3.05) is 11.9 Å².